The molecule has 2 heterocycles. The van der Waals surface area contributed by atoms with Gasteiger partial charge in [-0.15, -0.1) is 0 Å². The van der Waals surface area contributed by atoms with Gasteiger partial charge in [0.15, 0.2) is 9.84 Å². The van der Waals surface area contributed by atoms with Crippen molar-refractivity contribution in [1.29, 1.82) is 0 Å². The van der Waals surface area contributed by atoms with Gasteiger partial charge in [0.2, 0.25) is 0 Å². The first-order valence-electron chi connectivity index (χ1n) is 5.64. The minimum Gasteiger partial charge on any atom is -0.367 e. The monoisotopic (exact) mass is 255 g/mol. The summed E-state index contributed by atoms with van der Waals surface area (Å²) in [4.78, 5) is 6.24. The Morgan fingerprint density at radius 2 is 2.35 bits per heavy atom. The summed E-state index contributed by atoms with van der Waals surface area (Å²) in [6.45, 7) is 2.87. The second kappa shape index (κ2) is 4.62. The third-order valence-electron chi connectivity index (χ3n) is 3.01. The van der Waals surface area contributed by atoms with E-state index < -0.39 is 9.84 Å². The van der Waals surface area contributed by atoms with Crippen molar-refractivity contribution in [1.82, 2.24) is 4.98 Å². The molecule has 0 bridgehead atoms. The van der Waals surface area contributed by atoms with Crippen LogP contribution < -0.4 is 10.6 Å². The topological polar surface area (TPSA) is 76.3 Å². The van der Waals surface area contributed by atoms with Crippen molar-refractivity contribution in [3.05, 3.63) is 24.0 Å². The summed E-state index contributed by atoms with van der Waals surface area (Å²) < 4.78 is 23.0. The molecule has 1 aromatic heterocycles. The van der Waals surface area contributed by atoms with E-state index in [9.17, 15) is 8.42 Å². The predicted octanol–water partition coefficient (Wildman–Crippen LogP) is 0.164. The van der Waals surface area contributed by atoms with Gasteiger partial charge in [0.1, 0.15) is 0 Å². The van der Waals surface area contributed by atoms with Crippen molar-refractivity contribution in [2.75, 3.05) is 23.0 Å². The van der Waals surface area contributed by atoms with Crippen molar-refractivity contribution < 1.29 is 8.42 Å². The van der Waals surface area contributed by atoms with E-state index in [1.807, 2.05) is 19.1 Å². The molecule has 1 aliphatic rings. The number of rotatable bonds is 2. The number of nitrogens with zero attached hydrogens (tertiary/aromatic N) is 2. The van der Waals surface area contributed by atoms with Crippen LogP contribution in [-0.4, -0.2) is 37.5 Å². The molecule has 17 heavy (non-hydrogen) atoms. The highest BCUT2D eigenvalue weighted by Crippen LogP contribution is 2.21. The van der Waals surface area contributed by atoms with Crippen molar-refractivity contribution in [3.63, 3.8) is 0 Å². The summed E-state index contributed by atoms with van der Waals surface area (Å²) in [5.74, 6) is 0.435. The van der Waals surface area contributed by atoms with Crippen molar-refractivity contribution in [2.45, 2.75) is 19.5 Å². The number of anilines is 1. The Morgan fingerprint density at radius 1 is 1.59 bits per heavy atom. The molecule has 1 unspecified atom stereocenters. The van der Waals surface area contributed by atoms with Crippen LogP contribution >= 0.6 is 0 Å². The Morgan fingerprint density at radius 3 is 3.00 bits per heavy atom. The molecule has 2 rings (SSSR count). The fourth-order valence-electron chi connectivity index (χ4n) is 2.14. The van der Waals surface area contributed by atoms with E-state index in [1.54, 1.807) is 6.20 Å². The molecule has 1 aliphatic heterocycles. The lowest BCUT2D eigenvalue weighted by atomic mass is 10.2. The highest BCUT2D eigenvalue weighted by molar-refractivity contribution is 7.91. The van der Waals surface area contributed by atoms with Gasteiger partial charge in [-0.3, -0.25) is 4.98 Å². The third-order valence-corrected chi connectivity index (χ3v) is 4.81. The van der Waals surface area contributed by atoms with E-state index >= 15 is 0 Å². The average molecular weight is 255 g/mol. The maximum absolute atomic E-state index is 11.5. The molecule has 0 aliphatic carbocycles. The largest absolute Gasteiger partial charge is 0.367 e. The zero-order chi connectivity index (χ0) is 12.5. The minimum atomic E-state index is -2.87. The van der Waals surface area contributed by atoms with Gasteiger partial charge >= 0.3 is 0 Å². The maximum Gasteiger partial charge on any atom is 0.154 e. The van der Waals surface area contributed by atoms with Gasteiger partial charge in [-0.1, -0.05) is 0 Å². The van der Waals surface area contributed by atoms with Gasteiger partial charge in [-0.25, -0.2) is 8.42 Å². The maximum atomic E-state index is 11.5. The first kappa shape index (κ1) is 12.3. The summed E-state index contributed by atoms with van der Waals surface area (Å²) in [6.07, 6.45) is 1.72. The molecule has 2 N–H and O–H groups in total. The fourth-order valence-corrected chi connectivity index (χ4v) is 3.69. The molecule has 1 atom stereocenters. The van der Waals surface area contributed by atoms with E-state index in [-0.39, 0.29) is 17.5 Å². The molecule has 94 valence electrons. The second-order valence-corrected chi connectivity index (χ2v) is 6.60. The zero-order valence-corrected chi connectivity index (χ0v) is 10.7. The number of nitrogens with two attached hydrogens (primary N) is 1. The highest BCUT2D eigenvalue weighted by atomic mass is 32.2. The Kier molecular flexibility index (Phi) is 3.35. The van der Waals surface area contributed by atoms with Crippen LogP contribution in [0, 0.1) is 0 Å². The van der Waals surface area contributed by atoms with E-state index in [0.717, 1.165) is 11.4 Å². The molecule has 0 aromatic carbocycles. The van der Waals surface area contributed by atoms with Crippen LogP contribution in [0.15, 0.2) is 18.3 Å². The summed E-state index contributed by atoms with van der Waals surface area (Å²) in [6, 6.07) is 3.82. The Labute approximate surface area is 102 Å². The Bertz CT molecular complexity index is 501. The Hall–Kier alpha value is -1.14. The summed E-state index contributed by atoms with van der Waals surface area (Å²) >= 11 is 0. The van der Waals surface area contributed by atoms with Crippen LogP contribution in [0.5, 0.6) is 0 Å². The van der Waals surface area contributed by atoms with E-state index in [2.05, 4.69) is 9.88 Å². The normalized spacial score (nSPS) is 23.6. The number of sulfone groups is 1. The van der Waals surface area contributed by atoms with E-state index in [0.29, 0.717) is 13.1 Å². The first-order valence-corrected chi connectivity index (χ1v) is 7.46. The number of pyridine rings is 1. The highest BCUT2D eigenvalue weighted by Gasteiger charge is 2.28. The van der Waals surface area contributed by atoms with Gasteiger partial charge < -0.3 is 10.6 Å². The smallest absolute Gasteiger partial charge is 0.154 e. The molecule has 0 saturated carbocycles. The molecule has 1 fully saturated rings. The van der Waals surface area contributed by atoms with Gasteiger partial charge in [-0.05, 0) is 19.1 Å². The second-order valence-electron chi connectivity index (χ2n) is 4.37. The van der Waals surface area contributed by atoms with E-state index in [4.69, 9.17) is 5.73 Å². The van der Waals surface area contributed by atoms with Crippen molar-refractivity contribution in [3.8, 4) is 0 Å². The lowest BCUT2D eigenvalue weighted by molar-refractivity contribution is 0.568. The first-order chi connectivity index (χ1) is 8.02. The van der Waals surface area contributed by atoms with Crippen molar-refractivity contribution >= 4 is 15.5 Å². The van der Waals surface area contributed by atoms with Gasteiger partial charge in [0, 0.05) is 31.0 Å². The predicted molar refractivity (Wildman–Crippen MR) is 67.6 cm³/mol. The molecular formula is C11H17N3O2S. The van der Waals surface area contributed by atoms with Crippen LogP contribution in [0.4, 0.5) is 5.69 Å². The summed E-state index contributed by atoms with van der Waals surface area (Å²) in [7, 11) is -2.87. The van der Waals surface area contributed by atoms with Gasteiger partial charge in [-0.2, -0.15) is 0 Å². The fraction of sp³-hybridized carbons (Fsp3) is 0.545. The summed E-state index contributed by atoms with van der Waals surface area (Å²) in [5, 5.41) is 0. The molecule has 6 heteroatoms. The van der Waals surface area contributed by atoms with Crippen molar-refractivity contribution in [2.24, 2.45) is 5.73 Å². The van der Waals surface area contributed by atoms with Crippen LogP contribution in [0.1, 0.15) is 12.6 Å². The zero-order valence-electron chi connectivity index (χ0n) is 9.83. The molecule has 1 saturated heterocycles. The molecular weight excluding hydrogens is 238 g/mol. The minimum absolute atomic E-state index is 0.00164. The molecule has 0 radical (unpaired) electrons. The third kappa shape index (κ3) is 2.76. The number of hydrogen-bond donors (Lipinski definition) is 1. The molecule has 0 spiro atoms. The van der Waals surface area contributed by atoms with Crippen LogP contribution in [-0.2, 0) is 16.4 Å². The lowest BCUT2D eigenvalue weighted by Gasteiger charge is -2.35. The lowest BCUT2D eigenvalue weighted by Crippen LogP contribution is -2.47. The van der Waals surface area contributed by atoms with Gasteiger partial charge in [0.05, 0.1) is 17.2 Å². The molecule has 5 nitrogen and oxygen atoms in total. The quantitative estimate of drug-likeness (QED) is 0.815. The van der Waals surface area contributed by atoms with Crippen LogP contribution in [0.2, 0.25) is 0 Å². The number of aromatic nitrogens is 1. The van der Waals surface area contributed by atoms with E-state index in [1.165, 1.54) is 0 Å². The molecule has 1 aromatic rings. The van der Waals surface area contributed by atoms with Crippen LogP contribution in [0.3, 0.4) is 0 Å². The number of hydrogen-bond acceptors (Lipinski definition) is 5. The molecule has 0 amide bonds. The Balaban J connectivity index is 2.23. The van der Waals surface area contributed by atoms with Gasteiger partial charge in [0.25, 0.3) is 0 Å². The SMILES string of the molecule is CC1CS(=O)(=O)CCN1c1ccnc(CN)c1. The standard InChI is InChI=1S/C11H17N3O2S/c1-9-8-17(15,16)5-4-14(9)11-2-3-13-10(6-11)7-12/h2-3,6,9H,4-5,7-8,12H2,1H3. The summed E-state index contributed by atoms with van der Waals surface area (Å²) in [5.41, 5.74) is 7.37. The van der Waals surface area contributed by atoms with Crippen LogP contribution in [0.25, 0.3) is 0 Å². The average Bonchev–Trinajstić information content (AvgIpc) is 2.28.